The predicted octanol–water partition coefficient (Wildman–Crippen LogP) is 2.51. The topological polar surface area (TPSA) is 45.5 Å². The number of piperidine rings is 1. The summed E-state index contributed by atoms with van der Waals surface area (Å²) in [6, 6.07) is 0. The van der Waals surface area contributed by atoms with E-state index in [1.165, 1.54) is 18.4 Å². The molecular formula is C15H28IN5. The zero-order chi connectivity index (χ0) is 14.4. The van der Waals surface area contributed by atoms with Crippen LogP contribution in [-0.2, 0) is 6.54 Å². The quantitative estimate of drug-likeness (QED) is 0.476. The van der Waals surface area contributed by atoms with Gasteiger partial charge in [0.15, 0.2) is 5.96 Å². The van der Waals surface area contributed by atoms with Gasteiger partial charge in [-0.15, -0.1) is 24.0 Å². The summed E-state index contributed by atoms with van der Waals surface area (Å²) >= 11 is 0. The highest BCUT2D eigenvalue weighted by molar-refractivity contribution is 14.0. The summed E-state index contributed by atoms with van der Waals surface area (Å²) < 4.78 is 1.96. The maximum absolute atomic E-state index is 4.75. The van der Waals surface area contributed by atoms with Crippen molar-refractivity contribution in [2.75, 3.05) is 26.2 Å². The van der Waals surface area contributed by atoms with Gasteiger partial charge < -0.3 is 10.2 Å². The van der Waals surface area contributed by atoms with Crippen LogP contribution in [0.1, 0.15) is 32.3 Å². The summed E-state index contributed by atoms with van der Waals surface area (Å²) in [6.07, 6.45) is 6.55. The van der Waals surface area contributed by atoms with Crippen molar-refractivity contribution in [1.29, 1.82) is 0 Å². The van der Waals surface area contributed by atoms with E-state index in [9.17, 15) is 0 Å². The van der Waals surface area contributed by atoms with Gasteiger partial charge in [0.05, 0.1) is 19.3 Å². The molecule has 120 valence electrons. The van der Waals surface area contributed by atoms with E-state index in [1.54, 1.807) is 0 Å². The Morgan fingerprint density at radius 2 is 2.33 bits per heavy atom. The average Bonchev–Trinajstić information content (AvgIpc) is 2.83. The van der Waals surface area contributed by atoms with Crippen molar-refractivity contribution < 1.29 is 0 Å². The van der Waals surface area contributed by atoms with Crippen molar-refractivity contribution in [3.63, 3.8) is 0 Å². The molecule has 0 amide bonds. The lowest BCUT2D eigenvalue weighted by atomic mass is 10.0. The number of nitrogens with one attached hydrogen (secondary N) is 1. The van der Waals surface area contributed by atoms with Gasteiger partial charge in [-0.25, -0.2) is 0 Å². The van der Waals surface area contributed by atoms with Crippen LogP contribution in [0.25, 0.3) is 0 Å². The SMILES string of the molecule is CCNC(=NCCn1cc(C)cn1)N1CCCC(C)C1.I. The van der Waals surface area contributed by atoms with E-state index < -0.39 is 0 Å². The van der Waals surface area contributed by atoms with Crippen LogP contribution in [0.2, 0.25) is 0 Å². The van der Waals surface area contributed by atoms with Gasteiger partial charge in [0, 0.05) is 25.8 Å². The van der Waals surface area contributed by atoms with E-state index in [2.05, 4.69) is 42.3 Å². The molecule has 6 heteroatoms. The fourth-order valence-electron chi connectivity index (χ4n) is 2.66. The Kier molecular flexibility index (Phi) is 8.06. The Bertz CT molecular complexity index is 443. The predicted molar refractivity (Wildman–Crippen MR) is 98.3 cm³/mol. The van der Waals surface area contributed by atoms with Gasteiger partial charge in [-0.1, -0.05) is 6.92 Å². The first-order valence-electron chi connectivity index (χ1n) is 7.71. The highest BCUT2D eigenvalue weighted by Gasteiger charge is 2.18. The van der Waals surface area contributed by atoms with Gasteiger partial charge in [-0.05, 0) is 38.2 Å². The molecule has 1 unspecified atom stereocenters. The molecule has 1 saturated heterocycles. The number of hydrogen-bond donors (Lipinski definition) is 1. The highest BCUT2D eigenvalue weighted by atomic mass is 127. The summed E-state index contributed by atoms with van der Waals surface area (Å²) in [7, 11) is 0. The van der Waals surface area contributed by atoms with Crippen molar-refractivity contribution >= 4 is 29.9 Å². The van der Waals surface area contributed by atoms with E-state index in [1.807, 2.05) is 10.9 Å². The van der Waals surface area contributed by atoms with Crippen LogP contribution in [0.3, 0.4) is 0 Å². The Morgan fingerprint density at radius 3 is 2.95 bits per heavy atom. The van der Waals surface area contributed by atoms with Gasteiger partial charge in [0.1, 0.15) is 0 Å². The van der Waals surface area contributed by atoms with E-state index in [4.69, 9.17) is 4.99 Å². The molecule has 2 heterocycles. The maximum atomic E-state index is 4.75. The lowest BCUT2D eigenvalue weighted by Gasteiger charge is -2.33. The number of rotatable bonds is 4. The first-order chi connectivity index (χ1) is 9.69. The molecule has 21 heavy (non-hydrogen) atoms. The molecule has 0 bridgehead atoms. The summed E-state index contributed by atoms with van der Waals surface area (Å²) in [6.45, 7) is 11.3. The van der Waals surface area contributed by atoms with Crippen molar-refractivity contribution in [2.24, 2.45) is 10.9 Å². The third-order valence-electron chi connectivity index (χ3n) is 3.64. The Labute approximate surface area is 145 Å². The summed E-state index contributed by atoms with van der Waals surface area (Å²) in [5.41, 5.74) is 1.20. The minimum absolute atomic E-state index is 0. The molecule has 1 aliphatic rings. The van der Waals surface area contributed by atoms with Crippen LogP contribution in [0.5, 0.6) is 0 Å². The molecule has 0 saturated carbocycles. The maximum Gasteiger partial charge on any atom is 0.193 e. The lowest BCUT2D eigenvalue weighted by Crippen LogP contribution is -2.46. The highest BCUT2D eigenvalue weighted by Crippen LogP contribution is 2.15. The monoisotopic (exact) mass is 405 g/mol. The number of aromatic nitrogens is 2. The van der Waals surface area contributed by atoms with Crippen molar-refractivity contribution in [2.45, 2.75) is 40.2 Å². The average molecular weight is 405 g/mol. The minimum atomic E-state index is 0. The molecule has 1 aromatic heterocycles. The van der Waals surface area contributed by atoms with Gasteiger partial charge in [-0.2, -0.15) is 5.10 Å². The number of guanidine groups is 1. The Hall–Kier alpha value is -0.790. The zero-order valence-electron chi connectivity index (χ0n) is 13.4. The molecule has 0 radical (unpaired) electrons. The second-order valence-electron chi connectivity index (χ2n) is 5.71. The zero-order valence-corrected chi connectivity index (χ0v) is 15.7. The Morgan fingerprint density at radius 1 is 1.52 bits per heavy atom. The molecule has 1 aliphatic heterocycles. The molecule has 5 nitrogen and oxygen atoms in total. The van der Waals surface area contributed by atoms with E-state index in [0.717, 1.165) is 44.6 Å². The molecule has 0 aliphatic carbocycles. The summed E-state index contributed by atoms with van der Waals surface area (Å²) in [4.78, 5) is 7.14. The van der Waals surface area contributed by atoms with Gasteiger partial charge >= 0.3 is 0 Å². The van der Waals surface area contributed by atoms with E-state index >= 15 is 0 Å². The van der Waals surface area contributed by atoms with Crippen LogP contribution < -0.4 is 5.32 Å². The van der Waals surface area contributed by atoms with Crippen LogP contribution in [-0.4, -0.2) is 46.8 Å². The molecule has 1 aromatic rings. The number of aryl methyl sites for hydroxylation is 1. The number of likely N-dealkylation sites (tertiary alicyclic amines) is 1. The third-order valence-corrected chi connectivity index (χ3v) is 3.64. The molecule has 1 N–H and O–H groups in total. The van der Waals surface area contributed by atoms with Crippen molar-refractivity contribution in [3.05, 3.63) is 18.0 Å². The largest absolute Gasteiger partial charge is 0.357 e. The van der Waals surface area contributed by atoms with Crippen LogP contribution in [0, 0.1) is 12.8 Å². The van der Waals surface area contributed by atoms with Gasteiger partial charge in [-0.3, -0.25) is 9.67 Å². The fraction of sp³-hybridized carbons (Fsp3) is 0.733. The second-order valence-corrected chi connectivity index (χ2v) is 5.71. The fourth-order valence-corrected chi connectivity index (χ4v) is 2.66. The van der Waals surface area contributed by atoms with Crippen LogP contribution in [0.4, 0.5) is 0 Å². The number of hydrogen-bond acceptors (Lipinski definition) is 2. The number of nitrogens with zero attached hydrogens (tertiary/aromatic N) is 4. The van der Waals surface area contributed by atoms with Crippen LogP contribution in [0.15, 0.2) is 17.4 Å². The summed E-state index contributed by atoms with van der Waals surface area (Å²) in [5.74, 6) is 1.82. The van der Waals surface area contributed by atoms with E-state index in [-0.39, 0.29) is 24.0 Å². The molecular weight excluding hydrogens is 377 g/mol. The third kappa shape index (κ3) is 5.84. The minimum Gasteiger partial charge on any atom is -0.357 e. The Balaban J connectivity index is 0.00000220. The van der Waals surface area contributed by atoms with Crippen LogP contribution >= 0.6 is 24.0 Å². The van der Waals surface area contributed by atoms with Gasteiger partial charge in [0.25, 0.3) is 0 Å². The van der Waals surface area contributed by atoms with Gasteiger partial charge in [0.2, 0.25) is 0 Å². The number of halogens is 1. The molecule has 2 rings (SSSR count). The van der Waals surface area contributed by atoms with E-state index in [0.29, 0.717) is 0 Å². The second kappa shape index (κ2) is 9.27. The normalized spacial score (nSPS) is 19.3. The molecule has 0 spiro atoms. The smallest absolute Gasteiger partial charge is 0.193 e. The molecule has 1 fully saturated rings. The number of aliphatic imine (C=N–C) groups is 1. The molecule has 0 aromatic carbocycles. The van der Waals surface area contributed by atoms with Crippen molar-refractivity contribution in [1.82, 2.24) is 20.0 Å². The molecule has 1 atom stereocenters. The standard InChI is InChI=1S/C15H27N5.HI/c1-4-16-15(19-8-5-6-13(2)11-19)17-7-9-20-12-14(3)10-18-20;/h10,12-13H,4-9,11H2,1-3H3,(H,16,17);1H. The first-order valence-corrected chi connectivity index (χ1v) is 7.71. The summed E-state index contributed by atoms with van der Waals surface area (Å²) in [5, 5.41) is 7.71. The first kappa shape index (κ1) is 18.3. The van der Waals surface area contributed by atoms with Crippen molar-refractivity contribution in [3.8, 4) is 0 Å². The lowest BCUT2D eigenvalue weighted by molar-refractivity contribution is 0.266.